The average Bonchev–Trinajstić information content (AvgIpc) is 3.23. The van der Waals surface area contributed by atoms with Crippen LogP contribution in [0, 0.1) is 12.3 Å². The number of carbonyl (C=O) groups is 3. The van der Waals surface area contributed by atoms with E-state index in [-0.39, 0.29) is 27.9 Å². The summed E-state index contributed by atoms with van der Waals surface area (Å²) in [6, 6.07) is 8.79. The smallest absolute Gasteiger partial charge is 0.322 e. The normalized spacial score (nSPS) is 25.6. The number of nitrogens with zero attached hydrogens (tertiary/aromatic N) is 3. The molecule has 2 saturated heterocycles. The molecule has 0 aliphatic carbocycles. The summed E-state index contributed by atoms with van der Waals surface area (Å²) in [5.41, 5.74) is -1.07. The van der Waals surface area contributed by atoms with Gasteiger partial charge in [-0.05, 0) is 30.4 Å². The highest BCUT2D eigenvalue weighted by Crippen LogP contribution is 2.44. The van der Waals surface area contributed by atoms with Gasteiger partial charge in [-0.15, -0.1) is 28.6 Å². The van der Waals surface area contributed by atoms with Crippen molar-refractivity contribution >= 4 is 63.8 Å². The Morgan fingerprint density at radius 2 is 2.12 bits per heavy atom. The second-order valence-electron chi connectivity index (χ2n) is 7.48. The maximum Gasteiger partial charge on any atom is 0.322 e. The number of carboxylic acids is 1. The molecule has 0 spiro atoms. The Kier molecular flexibility index (Phi) is 7.00. The lowest BCUT2D eigenvalue weighted by molar-refractivity contribution is -0.157. The average molecular weight is 513 g/mol. The molecule has 1 aromatic carbocycles. The number of benzene rings is 1. The van der Waals surface area contributed by atoms with Gasteiger partial charge in [0.05, 0.1) is 0 Å². The number of β-lactam (4-membered cyclic amide) rings is 1. The van der Waals surface area contributed by atoms with Crippen molar-refractivity contribution in [1.82, 2.24) is 20.4 Å². The third-order valence-electron chi connectivity index (χ3n) is 5.14. The molecule has 170 valence electrons. The zero-order chi connectivity index (χ0) is 22.9. The Morgan fingerprint density at radius 1 is 1.38 bits per heavy atom. The third kappa shape index (κ3) is 4.76. The van der Waals surface area contributed by atoms with Crippen molar-refractivity contribution in [2.24, 2.45) is 5.41 Å². The molecule has 4 atom stereocenters. The van der Waals surface area contributed by atoms with Crippen LogP contribution in [0.3, 0.4) is 0 Å². The SMILES string of the molecule is Cc1nnc([S+]([O-])CC(=O)NC2C(=O)N3CC(CSc4ccccc4)(C(=O)O)CS[C@H]23)s1. The van der Waals surface area contributed by atoms with Gasteiger partial charge < -0.3 is 19.9 Å². The van der Waals surface area contributed by atoms with Crippen molar-refractivity contribution in [2.45, 2.75) is 27.6 Å². The molecule has 2 aliphatic heterocycles. The molecule has 2 amide bonds. The number of amides is 2. The van der Waals surface area contributed by atoms with Gasteiger partial charge in [-0.1, -0.05) is 23.3 Å². The molecule has 3 unspecified atom stereocenters. The number of aromatic nitrogens is 2. The van der Waals surface area contributed by atoms with Crippen molar-refractivity contribution in [1.29, 1.82) is 0 Å². The molecule has 0 radical (unpaired) electrons. The second kappa shape index (κ2) is 9.59. The van der Waals surface area contributed by atoms with Crippen LogP contribution in [0.4, 0.5) is 0 Å². The van der Waals surface area contributed by atoms with Gasteiger partial charge in [0.1, 0.15) is 21.8 Å². The van der Waals surface area contributed by atoms with Crippen LogP contribution in [0.5, 0.6) is 0 Å². The highest BCUT2D eigenvalue weighted by Gasteiger charge is 2.57. The minimum absolute atomic E-state index is 0.0982. The quantitative estimate of drug-likeness (QED) is 0.304. The Balaban J connectivity index is 1.34. The van der Waals surface area contributed by atoms with Gasteiger partial charge in [0, 0.05) is 34.1 Å². The first-order chi connectivity index (χ1) is 15.3. The van der Waals surface area contributed by atoms with Gasteiger partial charge in [-0.3, -0.25) is 14.4 Å². The van der Waals surface area contributed by atoms with Gasteiger partial charge in [0.15, 0.2) is 5.75 Å². The molecule has 2 N–H and O–H groups in total. The summed E-state index contributed by atoms with van der Waals surface area (Å²) < 4.78 is 12.5. The van der Waals surface area contributed by atoms with Gasteiger partial charge >= 0.3 is 10.3 Å². The Morgan fingerprint density at radius 3 is 2.78 bits per heavy atom. The van der Waals surface area contributed by atoms with E-state index in [1.54, 1.807) is 6.92 Å². The zero-order valence-corrected chi connectivity index (χ0v) is 20.2. The fourth-order valence-corrected chi connectivity index (χ4v) is 8.09. The van der Waals surface area contributed by atoms with Crippen LogP contribution < -0.4 is 5.32 Å². The van der Waals surface area contributed by atoms with E-state index in [4.69, 9.17) is 0 Å². The minimum atomic E-state index is -1.63. The van der Waals surface area contributed by atoms with Crippen molar-refractivity contribution in [2.75, 3.05) is 23.8 Å². The summed E-state index contributed by atoms with van der Waals surface area (Å²) in [4.78, 5) is 39.6. The summed E-state index contributed by atoms with van der Waals surface area (Å²) in [6.07, 6.45) is 0. The van der Waals surface area contributed by atoms with Crippen LogP contribution in [0.15, 0.2) is 39.6 Å². The van der Waals surface area contributed by atoms with Crippen LogP contribution >= 0.6 is 34.9 Å². The molecule has 1 aromatic heterocycles. The second-order valence-corrected chi connectivity index (χ2v) is 12.4. The first kappa shape index (κ1) is 23.4. The third-order valence-corrected chi connectivity index (χ3v) is 10.5. The molecule has 32 heavy (non-hydrogen) atoms. The summed E-state index contributed by atoms with van der Waals surface area (Å²) >= 11 is 2.35. The number of thioether (sulfide) groups is 2. The van der Waals surface area contributed by atoms with Crippen molar-refractivity contribution < 1.29 is 24.0 Å². The number of aliphatic carboxylic acids is 1. The largest absolute Gasteiger partial charge is 0.609 e. The van der Waals surface area contributed by atoms with E-state index in [1.165, 1.54) is 28.4 Å². The van der Waals surface area contributed by atoms with Crippen LogP contribution in [-0.2, 0) is 25.6 Å². The molecule has 2 aromatic rings. The van der Waals surface area contributed by atoms with Crippen LogP contribution in [0.2, 0.25) is 0 Å². The van der Waals surface area contributed by atoms with Crippen molar-refractivity contribution in [3.63, 3.8) is 0 Å². The standard InChI is InChI=1S/C19H20N4O5S4/c1-11-21-22-18(31-11)32(28)7-13(24)20-14-15(25)23-8-19(17(26)27,10-30-16(14)23)9-29-12-5-3-2-4-6-12/h2-6,14,16H,7-10H2,1H3,(H,20,24)(H,26,27)/t14?,16-,19?,32?/m1/s1. The van der Waals surface area contributed by atoms with E-state index in [1.807, 2.05) is 30.3 Å². The number of carboxylic acid groups (broad SMARTS) is 1. The monoisotopic (exact) mass is 512 g/mol. The predicted octanol–water partition coefficient (Wildman–Crippen LogP) is 1.22. The summed E-state index contributed by atoms with van der Waals surface area (Å²) in [5, 5.41) is 20.5. The lowest BCUT2D eigenvalue weighted by atomic mass is 9.89. The molecule has 0 saturated carbocycles. The molecule has 3 heterocycles. The molecule has 4 rings (SSSR count). The first-order valence-corrected chi connectivity index (χ1v) is 13.8. The molecule has 9 nitrogen and oxygen atoms in total. The van der Waals surface area contributed by atoms with E-state index in [0.717, 1.165) is 16.2 Å². The lowest BCUT2D eigenvalue weighted by Gasteiger charge is -2.53. The van der Waals surface area contributed by atoms with Gasteiger partial charge in [0.2, 0.25) is 5.91 Å². The highest BCUT2D eigenvalue weighted by molar-refractivity contribution is 8.00. The summed E-state index contributed by atoms with van der Waals surface area (Å²) in [6.45, 7) is 1.83. The van der Waals surface area contributed by atoms with E-state index in [2.05, 4.69) is 15.5 Å². The molecule has 2 aliphatic rings. The molecular formula is C19H20N4O5S4. The minimum Gasteiger partial charge on any atom is -0.609 e. The Hall–Kier alpha value is -1.80. The van der Waals surface area contributed by atoms with Crippen LogP contribution in [-0.4, -0.2) is 77.8 Å². The summed E-state index contributed by atoms with van der Waals surface area (Å²) in [7, 11) is 0. The first-order valence-electron chi connectivity index (χ1n) is 9.60. The topological polar surface area (TPSA) is 136 Å². The molecular weight excluding hydrogens is 493 g/mol. The number of carbonyl (C=O) groups excluding carboxylic acids is 2. The number of aryl methyl sites for hydroxylation is 1. The maximum atomic E-state index is 12.7. The van der Waals surface area contributed by atoms with Crippen LogP contribution in [0.1, 0.15) is 5.01 Å². The Labute approximate surface area is 199 Å². The number of fused-ring (bicyclic) bond motifs is 1. The zero-order valence-electron chi connectivity index (χ0n) is 16.9. The number of rotatable bonds is 8. The number of hydrogen-bond acceptors (Lipinski definition) is 9. The van der Waals surface area contributed by atoms with Gasteiger partial charge in [-0.25, -0.2) is 0 Å². The molecule has 2 fully saturated rings. The van der Waals surface area contributed by atoms with E-state index in [0.29, 0.717) is 16.5 Å². The summed E-state index contributed by atoms with van der Waals surface area (Å²) in [5.74, 6) is -1.39. The predicted molar refractivity (Wildman–Crippen MR) is 123 cm³/mol. The maximum absolute atomic E-state index is 12.7. The van der Waals surface area contributed by atoms with Crippen molar-refractivity contribution in [3.05, 3.63) is 35.3 Å². The lowest BCUT2D eigenvalue weighted by Crippen LogP contribution is -2.74. The highest BCUT2D eigenvalue weighted by atomic mass is 32.2. The van der Waals surface area contributed by atoms with Gasteiger partial charge in [-0.2, -0.15) is 0 Å². The Bertz CT molecular complexity index is 1020. The fourth-order valence-electron chi connectivity index (χ4n) is 3.41. The number of hydrogen-bond donors (Lipinski definition) is 2. The van der Waals surface area contributed by atoms with Crippen LogP contribution in [0.25, 0.3) is 0 Å². The molecule has 13 heteroatoms. The number of nitrogens with one attached hydrogen (secondary N) is 1. The molecule has 0 bridgehead atoms. The van der Waals surface area contributed by atoms with Gasteiger partial charge in [0.25, 0.3) is 5.91 Å². The van der Waals surface area contributed by atoms with E-state index in [9.17, 15) is 24.0 Å². The van der Waals surface area contributed by atoms with Crippen molar-refractivity contribution in [3.8, 4) is 0 Å². The fraction of sp³-hybridized carbons (Fsp3) is 0.421. The van der Waals surface area contributed by atoms with E-state index < -0.39 is 34.5 Å². The van der Waals surface area contributed by atoms with E-state index >= 15 is 0 Å².